The Hall–Kier alpha value is -1.02. The van der Waals surface area contributed by atoms with Gasteiger partial charge in [0.1, 0.15) is 6.54 Å². The molecule has 1 aromatic carbocycles. The predicted molar refractivity (Wildman–Crippen MR) is 97.3 cm³/mol. The number of rotatable bonds is 5. The lowest BCUT2D eigenvalue weighted by molar-refractivity contribution is -0.131. The summed E-state index contributed by atoms with van der Waals surface area (Å²) in [5, 5.41) is 0.572. The van der Waals surface area contributed by atoms with E-state index < -0.39 is 10.0 Å². The average Bonchev–Trinajstić information content (AvgIpc) is 2.54. The highest BCUT2D eigenvalue weighted by atomic mass is 35.5. The lowest BCUT2D eigenvalue weighted by Crippen LogP contribution is -2.51. The zero-order valence-corrected chi connectivity index (χ0v) is 16.0. The van der Waals surface area contributed by atoms with Crippen molar-refractivity contribution in [1.29, 1.82) is 0 Å². The Morgan fingerprint density at radius 3 is 2.29 bits per heavy atom. The number of halogens is 2. The molecule has 9 heteroatoms. The number of benzene rings is 1. The van der Waals surface area contributed by atoms with E-state index in [1.54, 1.807) is 4.90 Å². The molecule has 0 N–H and O–H groups in total. The Morgan fingerprint density at radius 2 is 1.79 bits per heavy atom. The van der Waals surface area contributed by atoms with Crippen molar-refractivity contribution >= 4 is 44.8 Å². The quantitative estimate of drug-likeness (QED) is 0.766. The molecule has 0 saturated carbocycles. The highest BCUT2D eigenvalue weighted by molar-refractivity contribution is 7.92. The number of hydrogen-bond donors (Lipinski definition) is 0. The molecule has 1 saturated heterocycles. The fourth-order valence-electron chi connectivity index (χ4n) is 2.58. The van der Waals surface area contributed by atoms with Gasteiger partial charge in [0.25, 0.3) is 0 Å². The smallest absolute Gasteiger partial charge is 0.243 e. The molecular weight excluding hydrogens is 373 g/mol. The average molecular weight is 394 g/mol. The molecule has 1 fully saturated rings. The van der Waals surface area contributed by atoms with Gasteiger partial charge in [0.2, 0.25) is 15.9 Å². The van der Waals surface area contributed by atoms with Crippen molar-refractivity contribution in [3.05, 3.63) is 28.2 Å². The van der Waals surface area contributed by atoms with Crippen LogP contribution in [0.2, 0.25) is 10.0 Å². The Bertz CT molecular complexity index is 704. The van der Waals surface area contributed by atoms with Crippen LogP contribution in [0.4, 0.5) is 5.69 Å². The second kappa shape index (κ2) is 7.91. The van der Waals surface area contributed by atoms with E-state index in [1.807, 2.05) is 0 Å². The second-order valence-electron chi connectivity index (χ2n) is 5.68. The number of sulfonamides is 1. The van der Waals surface area contributed by atoms with Crippen LogP contribution in [0.25, 0.3) is 0 Å². The van der Waals surface area contributed by atoms with E-state index >= 15 is 0 Å². The van der Waals surface area contributed by atoms with E-state index in [2.05, 4.69) is 11.8 Å². The molecule has 0 aromatic heterocycles. The molecule has 0 atom stereocenters. The van der Waals surface area contributed by atoms with Gasteiger partial charge in [-0.2, -0.15) is 0 Å². The largest absolute Gasteiger partial charge is 0.339 e. The zero-order chi connectivity index (χ0) is 17.9. The SMILES string of the molecule is CCN1CCN(C(=O)CN(c2ccc(Cl)c(Cl)c2)S(C)(=O)=O)CC1. The summed E-state index contributed by atoms with van der Waals surface area (Å²) in [6, 6.07) is 4.51. The number of likely N-dealkylation sites (N-methyl/N-ethyl adjacent to an activating group) is 1. The molecular formula is C15H21Cl2N3O3S. The highest BCUT2D eigenvalue weighted by Gasteiger charge is 2.26. The summed E-state index contributed by atoms with van der Waals surface area (Å²) in [4.78, 5) is 16.5. The first kappa shape index (κ1) is 19.3. The molecule has 0 spiro atoms. The van der Waals surface area contributed by atoms with Crippen molar-refractivity contribution in [3.8, 4) is 0 Å². The van der Waals surface area contributed by atoms with E-state index in [0.29, 0.717) is 23.8 Å². The first-order valence-electron chi connectivity index (χ1n) is 7.65. The maximum Gasteiger partial charge on any atom is 0.243 e. The summed E-state index contributed by atoms with van der Waals surface area (Å²) in [5.74, 6) is -0.220. The fourth-order valence-corrected chi connectivity index (χ4v) is 3.71. The summed E-state index contributed by atoms with van der Waals surface area (Å²) >= 11 is 11.8. The minimum Gasteiger partial charge on any atom is -0.339 e. The van der Waals surface area contributed by atoms with Crippen molar-refractivity contribution < 1.29 is 13.2 Å². The maximum atomic E-state index is 12.5. The third kappa shape index (κ3) is 4.75. The van der Waals surface area contributed by atoms with E-state index in [1.165, 1.54) is 18.2 Å². The summed E-state index contributed by atoms with van der Waals surface area (Å²) in [6.07, 6.45) is 1.07. The van der Waals surface area contributed by atoms with Gasteiger partial charge >= 0.3 is 0 Å². The molecule has 1 aliphatic heterocycles. The van der Waals surface area contributed by atoms with Crippen LogP contribution in [-0.4, -0.2) is 69.6 Å². The Balaban J connectivity index is 2.15. The molecule has 0 bridgehead atoms. The number of piperazine rings is 1. The number of anilines is 1. The number of nitrogens with zero attached hydrogens (tertiary/aromatic N) is 3. The number of amides is 1. The predicted octanol–water partition coefficient (Wildman–Crippen LogP) is 1.92. The normalized spacial score (nSPS) is 16.2. The van der Waals surface area contributed by atoms with Crippen LogP contribution in [0, 0.1) is 0 Å². The molecule has 0 aliphatic carbocycles. The van der Waals surface area contributed by atoms with Crippen LogP contribution in [0.1, 0.15) is 6.92 Å². The van der Waals surface area contributed by atoms with Gasteiger partial charge in [0.15, 0.2) is 0 Å². The summed E-state index contributed by atoms with van der Waals surface area (Å²) in [5.41, 5.74) is 0.326. The Morgan fingerprint density at radius 1 is 1.17 bits per heavy atom. The van der Waals surface area contributed by atoms with E-state index in [-0.39, 0.29) is 17.5 Å². The number of carbonyl (C=O) groups is 1. The van der Waals surface area contributed by atoms with Gasteiger partial charge in [-0.05, 0) is 24.7 Å². The maximum absolute atomic E-state index is 12.5. The Labute approximate surface area is 153 Å². The van der Waals surface area contributed by atoms with Crippen molar-refractivity contribution in [2.75, 3.05) is 49.8 Å². The minimum absolute atomic E-state index is 0.220. The van der Waals surface area contributed by atoms with E-state index in [4.69, 9.17) is 23.2 Å². The molecule has 2 rings (SSSR count). The highest BCUT2D eigenvalue weighted by Crippen LogP contribution is 2.28. The third-order valence-corrected chi connectivity index (χ3v) is 5.92. The monoisotopic (exact) mass is 393 g/mol. The van der Waals surface area contributed by atoms with Gasteiger partial charge in [-0.15, -0.1) is 0 Å². The van der Waals surface area contributed by atoms with Gasteiger partial charge in [0.05, 0.1) is 22.0 Å². The fraction of sp³-hybridized carbons (Fsp3) is 0.533. The van der Waals surface area contributed by atoms with Crippen molar-refractivity contribution in [3.63, 3.8) is 0 Å². The van der Waals surface area contributed by atoms with Crippen LogP contribution in [0.5, 0.6) is 0 Å². The second-order valence-corrected chi connectivity index (χ2v) is 8.40. The minimum atomic E-state index is -3.62. The molecule has 1 amide bonds. The van der Waals surface area contributed by atoms with E-state index in [0.717, 1.165) is 30.2 Å². The molecule has 24 heavy (non-hydrogen) atoms. The molecule has 134 valence electrons. The molecule has 1 aromatic rings. The standard InChI is InChI=1S/C15H21Cl2N3O3S/c1-3-18-6-8-19(9-7-18)15(21)11-20(24(2,22)23)12-4-5-13(16)14(17)10-12/h4-5,10H,3,6-9,11H2,1-2H3. The lowest BCUT2D eigenvalue weighted by atomic mass is 10.3. The molecule has 6 nitrogen and oxygen atoms in total. The van der Waals surface area contributed by atoms with Crippen LogP contribution in [0.15, 0.2) is 18.2 Å². The van der Waals surface area contributed by atoms with Crippen LogP contribution in [-0.2, 0) is 14.8 Å². The molecule has 0 unspecified atom stereocenters. The first-order valence-corrected chi connectivity index (χ1v) is 10.3. The number of hydrogen-bond acceptors (Lipinski definition) is 4. The van der Waals surface area contributed by atoms with Gasteiger partial charge in [-0.3, -0.25) is 9.10 Å². The van der Waals surface area contributed by atoms with E-state index in [9.17, 15) is 13.2 Å². The van der Waals surface area contributed by atoms with Crippen molar-refractivity contribution in [2.24, 2.45) is 0 Å². The Kier molecular flexibility index (Phi) is 6.36. The first-order chi connectivity index (χ1) is 11.2. The van der Waals surface area contributed by atoms with Gasteiger partial charge in [0, 0.05) is 26.2 Å². The molecule has 1 aliphatic rings. The molecule has 0 radical (unpaired) electrons. The van der Waals surface area contributed by atoms with Gasteiger partial charge in [-0.1, -0.05) is 30.1 Å². The lowest BCUT2D eigenvalue weighted by Gasteiger charge is -2.35. The van der Waals surface area contributed by atoms with Crippen LogP contribution in [0.3, 0.4) is 0 Å². The van der Waals surface area contributed by atoms with Gasteiger partial charge in [-0.25, -0.2) is 8.42 Å². The van der Waals surface area contributed by atoms with Crippen LogP contribution < -0.4 is 4.31 Å². The summed E-state index contributed by atoms with van der Waals surface area (Å²) < 4.78 is 25.3. The third-order valence-electron chi connectivity index (χ3n) is 4.04. The topological polar surface area (TPSA) is 60.9 Å². The summed E-state index contributed by atoms with van der Waals surface area (Å²) in [7, 11) is -3.62. The zero-order valence-electron chi connectivity index (χ0n) is 13.7. The van der Waals surface area contributed by atoms with Gasteiger partial charge < -0.3 is 9.80 Å². The summed E-state index contributed by atoms with van der Waals surface area (Å²) in [6.45, 7) is 5.58. The van der Waals surface area contributed by atoms with Crippen molar-refractivity contribution in [1.82, 2.24) is 9.80 Å². The number of carbonyl (C=O) groups excluding carboxylic acids is 1. The van der Waals surface area contributed by atoms with Crippen LogP contribution >= 0.6 is 23.2 Å². The molecule has 1 heterocycles. The van der Waals surface area contributed by atoms with Crippen molar-refractivity contribution in [2.45, 2.75) is 6.92 Å².